The van der Waals surface area contributed by atoms with E-state index in [1.54, 1.807) is 0 Å². The minimum atomic E-state index is -0.0884. The zero-order valence-corrected chi connectivity index (χ0v) is 14.2. The van der Waals surface area contributed by atoms with E-state index in [0.29, 0.717) is 25.6 Å². The first-order valence-corrected chi connectivity index (χ1v) is 8.56. The lowest BCUT2D eigenvalue weighted by Gasteiger charge is -2.35. The SMILES string of the molecule is O=C(Cn1nnc(-c2ccccc2)n1)N1CCOC[C@H]1c1ccccc1. The lowest BCUT2D eigenvalue weighted by atomic mass is 10.0. The van der Waals surface area contributed by atoms with Gasteiger partial charge in [0.2, 0.25) is 11.7 Å². The summed E-state index contributed by atoms with van der Waals surface area (Å²) in [6, 6.07) is 19.4. The van der Waals surface area contributed by atoms with Crippen molar-refractivity contribution in [1.82, 2.24) is 25.1 Å². The van der Waals surface area contributed by atoms with Crippen LogP contribution < -0.4 is 0 Å². The molecule has 1 aromatic heterocycles. The van der Waals surface area contributed by atoms with Crippen LogP contribution in [0.25, 0.3) is 11.4 Å². The second kappa shape index (κ2) is 7.45. The van der Waals surface area contributed by atoms with Gasteiger partial charge in [-0.1, -0.05) is 60.7 Å². The van der Waals surface area contributed by atoms with Gasteiger partial charge in [0.05, 0.1) is 19.3 Å². The van der Waals surface area contributed by atoms with Crippen molar-refractivity contribution in [3.05, 3.63) is 66.2 Å². The van der Waals surface area contributed by atoms with E-state index in [4.69, 9.17) is 4.74 Å². The Morgan fingerprint density at radius 2 is 1.81 bits per heavy atom. The predicted molar refractivity (Wildman–Crippen MR) is 95.0 cm³/mol. The number of rotatable bonds is 4. The summed E-state index contributed by atoms with van der Waals surface area (Å²) in [6.45, 7) is 1.65. The molecule has 1 aliphatic heterocycles. The van der Waals surface area contributed by atoms with Gasteiger partial charge in [-0.25, -0.2) is 0 Å². The van der Waals surface area contributed by atoms with Gasteiger partial charge in [-0.3, -0.25) is 4.79 Å². The first-order valence-electron chi connectivity index (χ1n) is 8.56. The molecule has 0 spiro atoms. The number of carbonyl (C=O) groups is 1. The topological polar surface area (TPSA) is 73.1 Å². The highest BCUT2D eigenvalue weighted by Gasteiger charge is 2.29. The molecule has 1 fully saturated rings. The average molecular weight is 349 g/mol. The molecule has 7 heteroatoms. The molecule has 7 nitrogen and oxygen atoms in total. The number of nitrogens with zero attached hydrogens (tertiary/aromatic N) is 5. The molecule has 26 heavy (non-hydrogen) atoms. The number of ether oxygens (including phenoxy) is 1. The number of tetrazole rings is 1. The molecule has 1 saturated heterocycles. The lowest BCUT2D eigenvalue weighted by molar-refractivity contribution is -0.141. The minimum Gasteiger partial charge on any atom is -0.377 e. The quantitative estimate of drug-likeness (QED) is 0.720. The molecule has 0 aliphatic carbocycles. The molecule has 0 radical (unpaired) electrons. The maximum absolute atomic E-state index is 12.8. The first-order chi connectivity index (χ1) is 12.8. The Hall–Kier alpha value is -3.06. The summed E-state index contributed by atoms with van der Waals surface area (Å²) in [5, 5.41) is 12.4. The van der Waals surface area contributed by atoms with Crippen molar-refractivity contribution in [2.45, 2.75) is 12.6 Å². The molecule has 3 aromatic rings. The van der Waals surface area contributed by atoms with Crippen molar-refractivity contribution >= 4 is 5.91 Å². The van der Waals surface area contributed by atoms with E-state index in [1.807, 2.05) is 65.6 Å². The monoisotopic (exact) mass is 349 g/mol. The van der Waals surface area contributed by atoms with Gasteiger partial charge in [-0.15, -0.1) is 10.2 Å². The van der Waals surface area contributed by atoms with Gasteiger partial charge in [0.1, 0.15) is 6.54 Å². The van der Waals surface area contributed by atoms with E-state index in [2.05, 4.69) is 15.4 Å². The average Bonchev–Trinajstić information content (AvgIpc) is 3.18. The fourth-order valence-corrected chi connectivity index (χ4v) is 3.08. The smallest absolute Gasteiger partial charge is 0.246 e. The molecular formula is C19H19N5O2. The van der Waals surface area contributed by atoms with E-state index in [9.17, 15) is 4.79 Å². The molecule has 1 aliphatic rings. The van der Waals surface area contributed by atoms with Crippen LogP contribution in [0.1, 0.15) is 11.6 Å². The van der Waals surface area contributed by atoms with Crippen LogP contribution in [0.15, 0.2) is 60.7 Å². The Balaban J connectivity index is 1.49. The van der Waals surface area contributed by atoms with Crippen molar-refractivity contribution in [3.63, 3.8) is 0 Å². The third kappa shape index (κ3) is 3.48. The summed E-state index contributed by atoms with van der Waals surface area (Å²) in [5.41, 5.74) is 1.94. The Morgan fingerprint density at radius 3 is 2.58 bits per heavy atom. The molecule has 4 rings (SSSR count). The van der Waals surface area contributed by atoms with Gasteiger partial charge in [0, 0.05) is 12.1 Å². The Bertz CT molecular complexity index is 866. The van der Waals surface area contributed by atoms with Gasteiger partial charge < -0.3 is 9.64 Å². The van der Waals surface area contributed by atoms with E-state index in [0.717, 1.165) is 11.1 Å². The Kier molecular flexibility index (Phi) is 4.70. The van der Waals surface area contributed by atoms with Crippen LogP contribution in [0.3, 0.4) is 0 Å². The summed E-state index contributed by atoms with van der Waals surface area (Å²) in [5.74, 6) is 0.471. The van der Waals surface area contributed by atoms with Crippen molar-refractivity contribution in [1.29, 1.82) is 0 Å². The Morgan fingerprint density at radius 1 is 1.08 bits per heavy atom. The van der Waals surface area contributed by atoms with Gasteiger partial charge in [-0.05, 0) is 10.8 Å². The van der Waals surface area contributed by atoms with Crippen molar-refractivity contribution in [2.75, 3.05) is 19.8 Å². The molecule has 1 amide bonds. The number of benzene rings is 2. The van der Waals surface area contributed by atoms with E-state index in [-0.39, 0.29) is 18.5 Å². The van der Waals surface area contributed by atoms with Crippen LogP contribution in [0.2, 0.25) is 0 Å². The number of morpholine rings is 1. The number of amides is 1. The van der Waals surface area contributed by atoms with Crippen molar-refractivity contribution in [2.24, 2.45) is 0 Å². The molecule has 2 heterocycles. The predicted octanol–water partition coefficient (Wildman–Crippen LogP) is 1.94. The van der Waals surface area contributed by atoms with Gasteiger partial charge in [0.25, 0.3) is 0 Å². The highest BCUT2D eigenvalue weighted by atomic mass is 16.5. The number of carbonyl (C=O) groups excluding carboxylic acids is 1. The summed E-state index contributed by atoms with van der Waals surface area (Å²) >= 11 is 0. The van der Waals surface area contributed by atoms with Crippen molar-refractivity contribution in [3.8, 4) is 11.4 Å². The maximum Gasteiger partial charge on any atom is 0.246 e. The van der Waals surface area contributed by atoms with Crippen LogP contribution in [0.4, 0.5) is 0 Å². The highest BCUT2D eigenvalue weighted by molar-refractivity contribution is 5.76. The third-order valence-electron chi connectivity index (χ3n) is 4.39. The summed E-state index contributed by atoms with van der Waals surface area (Å²) in [6.07, 6.45) is 0. The van der Waals surface area contributed by atoms with Crippen molar-refractivity contribution < 1.29 is 9.53 Å². The van der Waals surface area contributed by atoms with E-state index in [1.165, 1.54) is 4.80 Å². The largest absolute Gasteiger partial charge is 0.377 e. The molecule has 0 bridgehead atoms. The highest BCUT2D eigenvalue weighted by Crippen LogP contribution is 2.24. The molecule has 0 saturated carbocycles. The normalized spacial score (nSPS) is 17.2. The second-order valence-corrected chi connectivity index (χ2v) is 6.10. The van der Waals surface area contributed by atoms with Crippen LogP contribution in [-0.4, -0.2) is 50.8 Å². The Labute approximate surface area is 151 Å². The molecule has 0 unspecified atom stereocenters. The van der Waals surface area contributed by atoms with Crippen LogP contribution in [0, 0.1) is 0 Å². The summed E-state index contributed by atoms with van der Waals surface area (Å²) in [4.78, 5) is 16.0. The lowest BCUT2D eigenvalue weighted by Crippen LogP contribution is -2.45. The first kappa shape index (κ1) is 16.4. The van der Waals surface area contributed by atoms with Gasteiger partial charge in [0.15, 0.2) is 0 Å². The van der Waals surface area contributed by atoms with Gasteiger partial charge in [-0.2, -0.15) is 4.80 Å². The van der Waals surface area contributed by atoms with E-state index < -0.39 is 0 Å². The zero-order valence-electron chi connectivity index (χ0n) is 14.2. The molecule has 0 N–H and O–H groups in total. The van der Waals surface area contributed by atoms with E-state index >= 15 is 0 Å². The third-order valence-corrected chi connectivity index (χ3v) is 4.39. The molecule has 132 valence electrons. The fourth-order valence-electron chi connectivity index (χ4n) is 3.08. The second-order valence-electron chi connectivity index (χ2n) is 6.10. The van der Waals surface area contributed by atoms with Crippen LogP contribution in [0.5, 0.6) is 0 Å². The minimum absolute atomic E-state index is 0.0424. The molecular weight excluding hydrogens is 330 g/mol. The number of hydrogen-bond donors (Lipinski definition) is 0. The maximum atomic E-state index is 12.8. The van der Waals surface area contributed by atoms with Crippen LogP contribution in [-0.2, 0) is 16.1 Å². The number of aromatic nitrogens is 4. The van der Waals surface area contributed by atoms with Crippen LogP contribution >= 0.6 is 0 Å². The van der Waals surface area contributed by atoms with Gasteiger partial charge >= 0.3 is 0 Å². The summed E-state index contributed by atoms with van der Waals surface area (Å²) in [7, 11) is 0. The fraction of sp³-hybridized carbons (Fsp3) is 0.263. The molecule has 2 aromatic carbocycles. The number of hydrogen-bond acceptors (Lipinski definition) is 5. The summed E-state index contributed by atoms with van der Waals surface area (Å²) < 4.78 is 5.58. The molecule has 1 atom stereocenters. The zero-order chi connectivity index (χ0) is 17.8. The standard InChI is InChI=1S/C19H19N5O2/c25-18(13-24-21-19(20-22-24)16-9-5-2-6-10-16)23-11-12-26-14-17(23)15-7-3-1-4-8-15/h1-10,17H,11-14H2/t17-/m0/s1.